The Hall–Kier alpha value is -1.20. The molecule has 0 aliphatic heterocycles. The van der Waals surface area contributed by atoms with E-state index in [-0.39, 0.29) is 0 Å². The van der Waals surface area contributed by atoms with Gasteiger partial charge in [-0.25, -0.2) is 4.98 Å². The lowest BCUT2D eigenvalue weighted by atomic mass is 10.3. The summed E-state index contributed by atoms with van der Waals surface area (Å²) in [6.45, 7) is 5.32. The molecule has 0 amide bonds. The van der Waals surface area contributed by atoms with Gasteiger partial charge >= 0.3 is 0 Å². The van der Waals surface area contributed by atoms with Crippen LogP contribution in [0.15, 0.2) is 11.6 Å². The van der Waals surface area contributed by atoms with Gasteiger partial charge in [0.15, 0.2) is 0 Å². The highest BCUT2D eigenvalue weighted by Crippen LogP contribution is 2.13. The lowest BCUT2D eigenvalue weighted by molar-refractivity contribution is 0.659. The Kier molecular flexibility index (Phi) is 2.83. The summed E-state index contributed by atoms with van der Waals surface area (Å²) in [6, 6.07) is 0. The topological polar surface area (TPSA) is 56.7 Å². The summed E-state index contributed by atoms with van der Waals surface area (Å²) in [4.78, 5) is 4.41. The van der Waals surface area contributed by atoms with Crippen LogP contribution in [0.1, 0.15) is 22.0 Å². The number of hydrogen-bond acceptors (Lipinski definition) is 4. The van der Waals surface area contributed by atoms with Crippen LogP contribution in [0, 0.1) is 13.8 Å². The Morgan fingerprint density at radius 2 is 2.27 bits per heavy atom. The quantitative estimate of drug-likeness (QED) is 0.855. The van der Waals surface area contributed by atoms with E-state index in [0.29, 0.717) is 6.54 Å². The Balaban J connectivity index is 2.21. The van der Waals surface area contributed by atoms with Crippen molar-refractivity contribution >= 4 is 11.3 Å². The minimum Gasteiger partial charge on any atom is -0.326 e. The second-order valence-electron chi connectivity index (χ2n) is 3.50. The molecule has 15 heavy (non-hydrogen) atoms. The van der Waals surface area contributed by atoms with E-state index in [1.807, 2.05) is 24.7 Å². The van der Waals surface area contributed by atoms with E-state index >= 15 is 0 Å². The van der Waals surface area contributed by atoms with Crippen LogP contribution in [-0.2, 0) is 13.1 Å². The van der Waals surface area contributed by atoms with Gasteiger partial charge < -0.3 is 5.73 Å². The zero-order chi connectivity index (χ0) is 10.8. The monoisotopic (exact) mass is 222 g/mol. The Morgan fingerprint density at radius 1 is 1.47 bits per heavy atom. The van der Waals surface area contributed by atoms with Crippen LogP contribution in [0.25, 0.3) is 0 Å². The van der Waals surface area contributed by atoms with Gasteiger partial charge in [0.05, 0.1) is 12.7 Å². The molecule has 0 radical (unpaired) electrons. The first-order valence-electron chi connectivity index (χ1n) is 4.83. The lowest BCUT2D eigenvalue weighted by Gasteiger charge is -2.01. The Labute approximate surface area is 92.8 Å². The minimum absolute atomic E-state index is 0.544. The average Bonchev–Trinajstić information content (AvgIpc) is 2.76. The Morgan fingerprint density at radius 3 is 2.80 bits per heavy atom. The maximum absolute atomic E-state index is 5.60. The van der Waals surface area contributed by atoms with E-state index in [2.05, 4.69) is 15.5 Å². The van der Waals surface area contributed by atoms with Gasteiger partial charge in [0, 0.05) is 28.9 Å². The fourth-order valence-corrected chi connectivity index (χ4v) is 2.20. The first kappa shape index (κ1) is 10.3. The molecule has 2 aromatic heterocycles. The molecule has 0 saturated heterocycles. The van der Waals surface area contributed by atoms with Gasteiger partial charge in [0.2, 0.25) is 0 Å². The third-order valence-electron chi connectivity index (χ3n) is 2.38. The number of nitrogens with two attached hydrogens (primary N) is 1. The number of aryl methyl sites for hydroxylation is 1. The third-order valence-corrected chi connectivity index (χ3v) is 3.33. The van der Waals surface area contributed by atoms with Crippen LogP contribution in [0.2, 0.25) is 0 Å². The molecule has 0 saturated carbocycles. The van der Waals surface area contributed by atoms with Gasteiger partial charge in [0.1, 0.15) is 5.01 Å². The fraction of sp³-hybridized carbons (Fsp3) is 0.400. The summed E-state index contributed by atoms with van der Waals surface area (Å²) in [5, 5.41) is 7.43. The van der Waals surface area contributed by atoms with Crippen molar-refractivity contribution < 1.29 is 0 Å². The predicted molar refractivity (Wildman–Crippen MR) is 60.8 cm³/mol. The van der Waals surface area contributed by atoms with Gasteiger partial charge in [-0.2, -0.15) is 5.10 Å². The summed E-state index contributed by atoms with van der Waals surface area (Å²) >= 11 is 1.67. The predicted octanol–water partition coefficient (Wildman–Crippen LogP) is 1.46. The van der Waals surface area contributed by atoms with E-state index in [1.165, 1.54) is 0 Å². The highest BCUT2D eigenvalue weighted by Gasteiger charge is 2.06. The maximum Gasteiger partial charge on any atom is 0.114 e. The average molecular weight is 222 g/mol. The highest BCUT2D eigenvalue weighted by atomic mass is 32.1. The molecule has 0 aliphatic rings. The van der Waals surface area contributed by atoms with Crippen molar-refractivity contribution in [3.63, 3.8) is 0 Å². The fourth-order valence-electron chi connectivity index (χ4n) is 1.45. The zero-order valence-corrected chi connectivity index (χ0v) is 9.71. The van der Waals surface area contributed by atoms with Crippen LogP contribution in [0.5, 0.6) is 0 Å². The largest absolute Gasteiger partial charge is 0.326 e. The van der Waals surface area contributed by atoms with E-state index < -0.39 is 0 Å². The van der Waals surface area contributed by atoms with Crippen molar-refractivity contribution in [3.05, 3.63) is 33.5 Å². The first-order chi connectivity index (χ1) is 7.20. The maximum atomic E-state index is 5.60. The van der Waals surface area contributed by atoms with Gasteiger partial charge in [-0.05, 0) is 13.8 Å². The first-order valence-corrected chi connectivity index (χ1v) is 5.71. The Bertz CT molecular complexity index is 458. The van der Waals surface area contributed by atoms with Crippen molar-refractivity contribution in [2.75, 3.05) is 0 Å². The minimum atomic E-state index is 0.544. The van der Waals surface area contributed by atoms with Crippen molar-refractivity contribution in [1.82, 2.24) is 14.8 Å². The standard InChI is InChI=1S/C10H14N4S/c1-7-6-15-10(13-7)5-14-8(2)9(3-11)4-12-14/h4,6H,3,5,11H2,1-2H3. The molecule has 4 nitrogen and oxygen atoms in total. The van der Waals surface area contributed by atoms with Gasteiger partial charge in [-0.3, -0.25) is 4.68 Å². The number of thiazole rings is 1. The number of rotatable bonds is 3. The summed E-state index contributed by atoms with van der Waals surface area (Å²) in [5.41, 5.74) is 8.89. The molecule has 2 N–H and O–H groups in total. The molecule has 0 atom stereocenters. The van der Waals surface area contributed by atoms with E-state index in [0.717, 1.165) is 28.5 Å². The van der Waals surface area contributed by atoms with Crippen LogP contribution >= 0.6 is 11.3 Å². The van der Waals surface area contributed by atoms with Crippen LogP contribution in [0.4, 0.5) is 0 Å². The van der Waals surface area contributed by atoms with Gasteiger partial charge in [-0.15, -0.1) is 11.3 Å². The van der Waals surface area contributed by atoms with Crippen LogP contribution < -0.4 is 5.73 Å². The molecule has 0 bridgehead atoms. The van der Waals surface area contributed by atoms with Crippen LogP contribution in [0.3, 0.4) is 0 Å². The molecule has 2 aromatic rings. The van der Waals surface area contributed by atoms with Crippen molar-refractivity contribution in [2.24, 2.45) is 5.73 Å². The van der Waals surface area contributed by atoms with Crippen molar-refractivity contribution in [2.45, 2.75) is 26.9 Å². The lowest BCUT2D eigenvalue weighted by Crippen LogP contribution is -2.05. The van der Waals surface area contributed by atoms with Gasteiger partial charge in [-0.1, -0.05) is 0 Å². The van der Waals surface area contributed by atoms with E-state index in [9.17, 15) is 0 Å². The molecule has 0 fully saturated rings. The third kappa shape index (κ3) is 2.08. The van der Waals surface area contributed by atoms with E-state index in [4.69, 9.17) is 5.73 Å². The summed E-state index contributed by atoms with van der Waals surface area (Å²) in [7, 11) is 0. The molecule has 0 spiro atoms. The molecule has 2 rings (SSSR count). The molecule has 2 heterocycles. The molecule has 0 aliphatic carbocycles. The SMILES string of the molecule is Cc1csc(Cn2ncc(CN)c2C)n1. The molecule has 5 heteroatoms. The van der Waals surface area contributed by atoms with Crippen molar-refractivity contribution in [1.29, 1.82) is 0 Å². The number of hydrogen-bond donors (Lipinski definition) is 1. The second-order valence-corrected chi connectivity index (χ2v) is 4.44. The highest BCUT2D eigenvalue weighted by molar-refractivity contribution is 7.09. The number of aromatic nitrogens is 3. The van der Waals surface area contributed by atoms with Gasteiger partial charge in [0.25, 0.3) is 0 Å². The number of nitrogens with zero attached hydrogens (tertiary/aromatic N) is 3. The molecule has 0 aromatic carbocycles. The molecule has 80 valence electrons. The normalized spacial score (nSPS) is 10.9. The molecule has 0 unspecified atom stereocenters. The zero-order valence-electron chi connectivity index (χ0n) is 8.90. The summed E-state index contributed by atoms with van der Waals surface area (Å²) < 4.78 is 1.94. The summed E-state index contributed by atoms with van der Waals surface area (Å²) in [5.74, 6) is 0. The van der Waals surface area contributed by atoms with E-state index in [1.54, 1.807) is 11.3 Å². The van der Waals surface area contributed by atoms with Crippen molar-refractivity contribution in [3.8, 4) is 0 Å². The molecular formula is C10H14N4S. The molecular weight excluding hydrogens is 208 g/mol. The van der Waals surface area contributed by atoms with Crippen LogP contribution in [-0.4, -0.2) is 14.8 Å². The smallest absolute Gasteiger partial charge is 0.114 e. The summed E-state index contributed by atoms with van der Waals surface area (Å²) in [6.07, 6.45) is 1.83. The second kappa shape index (κ2) is 4.12.